The van der Waals surface area contributed by atoms with Gasteiger partial charge in [-0.05, 0) is 37.0 Å². The van der Waals surface area contributed by atoms with Gasteiger partial charge in [0, 0.05) is 17.7 Å². The highest BCUT2D eigenvalue weighted by Crippen LogP contribution is 2.24. The Hall–Kier alpha value is -1.63. The molecule has 0 atom stereocenters. The smallest absolute Gasteiger partial charge is 0.201 e. The van der Waals surface area contributed by atoms with Crippen LogP contribution in [0.25, 0.3) is 11.3 Å². The molecule has 0 N–H and O–H groups in total. The highest BCUT2D eigenvalue weighted by Gasteiger charge is 2.14. The number of benzene rings is 1. The second kappa shape index (κ2) is 4.93. The average molecular weight is 241 g/mol. The minimum Gasteiger partial charge on any atom is -0.201 e. The van der Waals surface area contributed by atoms with Gasteiger partial charge in [-0.1, -0.05) is 31.5 Å². The predicted octanol–water partition coefficient (Wildman–Crippen LogP) is 3.92. The maximum absolute atomic E-state index is 8.12. The normalized spacial score (nSPS) is 11.8. The van der Waals surface area contributed by atoms with Gasteiger partial charge in [0.25, 0.3) is 0 Å². The predicted molar refractivity (Wildman–Crippen MR) is 76.6 cm³/mol. The summed E-state index contributed by atoms with van der Waals surface area (Å²) >= 11 is 0. The Labute approximate surface area is 112 Å². The van der Waals surface area contributed by atoms with Gasteiger partial charge >= 0.3 is 0 Å². The quantitative estimate of drug-likeness (QED) is 0.702. The molecule has 0 aliphatic heterocycles. The lowest BCUT2D eigenvalue weighted by molar-refractivity contribution is -0.660. The fourth-order valence-electron chi connectivity index (χ4n) is 2.23. The van der Waals surface area contributed by atoms with E-state index in [0.29, 0.717) is 12.1 Å². The minimum atomic E-state index is 0.440. The van der Waals surface area contributed by atoms with Crippen molar-refractivity contribution in [3.05, 3.63) is 53.2 Å². The second-order valence-corrected chi connectivity index (χ2v) is 5.34. The number of aromatic nitrogens is 1. The Balaban J connectivity index is 2.67. The summed E-state index contributed by atoms with van der Waals surface area (Å²) in [5, 5.41) is 0. The van der Waals surface area contributed by atoms with Crippen LogP contribution in [0.1, 0.15) is 37.8 Å². The summed E-state index contributed by atoms with van der Waals surface area (Å²) < 4.78 is 10.1. The summed E-state index contributed by atoms with van der Waals surface area (Å²) in [6.45, 7) is 8.58. The monoisotopic (exact) mass is 241 g/mol. The highest BCUT2D eigenvalue weighted by molar-refractivity contribution is 5.62. The number of hydrogen-bond donors (Lipinski definition) is 0. The van der Waals surface area contributed by atoms with Gasteiger partial charge in [0.15, 0.2) is 6.17 Å². The SMILES string of the molecule is [2H]c1cc(C(C)C)cc(-c2ccc(C)cc2C)[n+]1C. The summed E-state index contributed by atoms with van der Waals surface area (Å²) in [4.78, 5) is 0. The number of aryl methyl sites for hydroxylation is 2. The zero-order valence-corrected chi connectivity index (χ0v) is 11.9. The molecular weight excluding hydrogens is 218 g/mol. The molecule has 0 aliphatic rings. The Kier molecular flexibility index (Phi) is 3.14. The standard InChI is InChI=1S/C17H22N/c1-12(2)15-8-9-18(5)17(11-15)16-7-6-13(3)10-14(16)4/h6-12H,1-5H3/q+1/i9D. The fourth-order valence-corrected chi connectivity index (χ4v) is 2.23. The first-order chi connectivity index (χ1) is 8.90. The Morgan fingerprint density at radius 3 is 2.44 bits per heavy atom. The lowest BCUT2D eigenvalue weighted by atomic mass is 9.98. The van der Waals surface area contributed by atoms with E-state index in [1.54, 1.807) is 0 Å². The van der Waals surface area contributed by atoms with Crippen LogP contribution in [-0.2, 0) is 7.05 Å². The first kappa shape index (κ1) is 11.5. The number of pyridine rings is 1. The van der Waals surface area contributed by atoms with E-state index in [9.17, 15) is 0 Å². The zero-order chi connectivity index (χ0) is 14.2. The molecule has 0 aliphatic carbocycles. The topological polar surface area (TPSA) is 3.88 Å². The maximum Gasteiger partial charge on any atom is 0.212 e. The van der Waals surface area contributed by atoms with E-state index >= 15 is 0 Å². The van der Waals surface area contributed by atoms with Crippen LogP contribution in [0.15, 0.2) is 36.5 Å². The highest BCUT2D eigenvalue weighted by atomic mass is 14.9. The minimum absolute atomic E-state index is 0.440. The summed E-state index contributed by atoms with van der Waals surface area (Å²) in [5.41, 5.74) is 6.08. The Bertz CT molecular complexity index is 615. The van der Waals surface area contributed by atoms with Crippen molar-refractivity contribution in [3.8, 4) is 11.3 Å². The Morgan fingerprint density at radius 2 is 1.83 bits per heavy atom. The van der Waals surface area contributed by atoms with Crippen molar-refractivity contribution in [2.45, 2.75) is 33.6 Å². The van der Waals surface area contributed by atoms with Crippen molar-refractivity contribution < 1.29 is 5.94 Å². The summed E-state index contributed by atoms with van der Waals surface area (Å²) in [7, 11) is 1.96. The molecule has 2 aromatic rings. The van der Waals surface area contributed by atoms with Gasteiger partial charge in [-0.2, -0.15) is 0 Å². The van der Waals surface area contributed by atoms with E-state index < -0.39 is 0 Å². The van der Waals surface area contributed by atoms with E-state index in [0.717, 1.165) is 5.69 Å². The molecule has 1 heterocycles. The first-order valence-electron chi connectivity index (χ1n) is 6.98. The molecule has 0 unspecified atom stereocenters. The Morgan fingerprint density at radius 1 is 1.11 bits per heavy atom. The van der Waals surface area contributed by atoms with Crippen LogP contribution in [-0.4, -0.2) is 0 Å². The van der Waals surface area contributed by atoms with Crippen molar-refractivity contribution in [1.82, 2.24) is 0 Å². The summed E-state index contributed by atoms with van der Waals surface area (Å²) in [5.74, 6) is 0.440. The van der Waals surface area contributed by atoms with Gasteiger partial charge in [-0.25, -0.2) is 4.57 Å². The van der Waals surface area contributed by atoms with E-state index in [-0.39, 0.29) is 0 Å². The molecule has 1 aromatic carbocycles. The zero-order valence-electron chi connectivity index (χ0n) is 12.9. The number of hydrogen-bond acceptors (Lipinski definition) is 0. The van der Waals surface area contributed by atoms with Crippen LogP contribution < -0.4 is 4.57 Å². The van der Waals surface area contributed by atoms with E-state index in [4.69, 9.17) is 1.37 Å². The third kappa shape index (κ3) is 2.45. The molecule has 1 aromatic heterocycles. The van der Waals surface area contributed by atoms with Crippen LogP contribution >= 0.6 is 0 Å². The molecule has 2 rings (SSSR count). The molecule has 0 bridgehead atoms. The first-order valence-corrected chi connectivity index (χ1v) is 6.48. The number of nitrogens with zero attached hydrogens (tertiary/aromatic N) is 1. The van der Waals surface area contributed by atoms with E-state index in [1.165, 1.54) is 22.3 Å². The van der Waals surface area contributed by atoms with Crippen molar-refractivity contribution in [1.29, 1.82) is 0 Å². The average Bonchev–Trinajstić information content (AvgIpc) is 2.33. The molecule has 0 spiro atoms. The summed E-state index contributed by atoms with van der Waals surface area (Å²) in [6.07, 6.45) is 0.557. The van der Waals surface area contributed by atoms with Crippen LogP contribution in [0.5, 0.6) is 0 Å². The molecule has 94 valence electrons. The van der Waals surface area contributed by atoms with Crippen molar-refractivity contribution in [2.24, 2.45) is 7.05 Å². The molecule has 0 saturated heterocycles. The second-order valence-electron chi connectivity index (χ2n) is 5.34. The molecule has 0 amide bonds. The molecule has 0 radical (unpaired) electrons. The van der Waals surface area contributed by atoms with Gasteiger partial charge in [-0.3, -0.25) is 0 Å². The van der Waals surface area contributed by atoms with Crippen LogP contribution in [0.3, 0.4) is 0 Å². The molecule has 18 heavy (non-hydrogen) atoms. The largest absolute Gasteiger partial charge is 0.212 e. The van der Waals surface area contributed by atoms with Crippen molar-refractivity contribution >= 4 is 0 Å². The molecule has 1 nitrogen and oxygen atoms in total. The van der Waals surface area contributed by atoms with Gasteiger partial charge in [-0.15, -0.1) is 0 Å². The fraction of sp³-hybridized carbons (Fsp3) is 0.353. The van der Waals surface area contributed by atoms with E-state index in [2.05, 4.69) is 52.0 Å². The van der Waals surface area contributed by atoms with Crippen molar-refractivity contribution in [3.63, 3.8) is 0 Å². The van der Waals surface area contributed by atoms with Crippen molar-refractivity contribution in [2.75, 3.05) is 0 Å². The van der Waals surface area contributed by atoms with Gasteiger partial charge in [0.1, 0.15) is 8.42 Å². The van der Waals surface area contributed by atoms with Crippen LogP contribution in [0.2, 0.25) is 0 Å². The molecule has 0 saturated carbocycles. The van der Waals surface area contributed by atoms with Gasteiger partial charge in [0.05, 0.1) is 0 Å². The molecule has 0 fully saturated rings. The van der Waals surface area contributed by atoms with Crippen LogP contribution in [0, 0.1) is 13.8 Å². The molecular formula is C17H22N+. The maximum atomic E-state index is 8.12. The van der Waals surface area contributed by atoms with Gasteiger partial charge < -0.3 is 0 Å². The number of rotatable bonds is 2. The lowest BCUT2D eigenvalue weighted by Crippen LogP contribution is -2.30. The van der Waals surface area contributed by atoms with Gasteiger partial charge in [0.2, 0.25) is 5.69 Å². The third-order valence-corrected chi connectivity index (χ3v) is 3.41. The lowest BCUT2D eigenvalue weighted by Gasteiger charge is -2.09. The summed E-state index contributed by atoms with van der Waals surface area (Å²) in [6, 6.07) is 10.6. The third-order valence-electron chi connectivity index (χ3n) is 3.41. The molecule has 1 heteroatoms. The van der Waals surface area contributed by atoms with Crippen LogP contribution in [0.4, 0.5) is 0 Å². The van der Waals surface area contributed by atoms with E-state index in [1.807, 2.05) is 17.7 Å².